The van der Waals surface area contributed by atoms with Gasteiger partial charge in [0.2, 0.25) is 5.91 Å². The number of methoxy groups -OCH3 is 1. The first kappa shape index (κ1) is 22.0. The van der Waals surface area contributed by atoms with Crippen molar-refractivity contribution in [3.63, 3.8) is 0 Å². The predicted octanol–water partition coefficient (Wildman–Crippen LogP) is 5.51. The first-order chi connectivity index (χ1) is 15.3. The molecule has 1 unspecified atom stereocenters. The summed E-state index contributed by atoms with van der Waals surface area (Å²) in [5.41, 5.74) is 4.71. The van der Waals surface area contributed by atoms with Crippen LogP contribution in [0.15, 0.2) is 72.8 Å². The van der Waals surface area contributed by atoms with Crippen molar-refractivity contribution in [1.82, 2.24) is 10.2 Å². The number of nitrogens with one attached hydrogen (secondary N) is 1. The van der Waals surface area contributed by atoms with E-state index in [9.17, 15) is 4.79 Å². The van der Waals surface area contributed by atoms with Crippen LogP contribution in [-0.4, -0.2) is 28.4 Å². The Morgan fingerprint density at radius 1 is 0.938 bits per heavy atom. The van der Waals surface area contributed by atoms with Gasteiger partial charge in [0.1, 0.15) is 16.8 Å². The van der Waals surface area contributed by atoms with E-state index >= 15 is 0 Å². The molecule has 32 heavy (non-hydrogen) atoms. The molecule has 1 aliphatic rings. The largest absolute Gasteiger partial charge is 0.497 e. The highest BCUT2D eigenvalue weighted by Gasteiger charge is 2.36. The molecule has 0 bridgehead atoms. The second-order valence-electron chi connectivity index (χ2n) is 9.06. The van der Waals surface area contributed by atoms with Crippen LogP contribution in [0.2, 0.25) is 0 Å². The van der Waals surface area contributed by atoms with Crippen LogP contribution in [-0.2, 0) is 11.3 Å². The van der Waals surface area contributed by atoms with Crippen LogP contribution in [0.25, 0.3) is 11.1 Å². The topological polar surface area (TPSA) is 41.6 Å². The maximum absolute atomic E-state index is 13.7. The molecule has 1 atom stereocenters. The van der Waals surface area contributed by atoms with Crippen molar-refractivity contribution in [2.24, 2.45) is 0 Å². The fraction of sp³-hybridized carbons (Fsp3) is 0.259. The van der Waals surface area contributed by atoms with Crippen molar-refractivity contribution in [3.05, 3.63) is 89.5 Å². The summed E-state index contributed by atoms with van der Waals surface area (Å²) in [6, 6.07) is 23.6. The number of nitrogens with zero attached hydrogens (tertiary/aromatic N) is 1. The number of ether oxygens (including phenoxy) is 1. The molecule has 0 spiro atoms. The van der Waals surface area contributed by atoms with Crippen LogP contribution < -0.4 is 10.1 Å². The first-order valence-corrected chi connectivity index (χ1v) is 11.1. The Hall–Kier alpha value is -3.18. The summed E-state index contributed by atoms with van der Waals surface area (Å²) in [5.74, 6) is 0.735. The van der Waals surface area contributed by atoms with Crippen molar-refractivity contribution in [1.29, 1.82) is 0 Å². The van der Waals surface area contributed by atoms with Crippen molar-refractivity contribution in [2.75, 3.05) is 7.11 Å². The minimum absolute atomic E-state index is 0.0615. The third kappa shape index (κ3) is 4.39. The summed E-state index contributed by atoms with van der Waals surface area (Å²) >= 11 is 6.02. The summed E-state index contributed by atoms with van der Waals surface area (Å²) in [4.78, 5) is 16.4. The van der Waals surface area contributed by atoms with Gasteiger partial charge in [-0.2, -0.15) is 0 Å². The maximum Gasteiger partial charge on any atom is 0.247 e. The molecule has 1 N–H and O–H groups in total. The van der Waals surface area contributed by atoms with Crippen molar-refractivity contribution >= 4 is 23.1 Å². The highest BCUT2D eigenvalue weighted by Crippen LogP contribution is 2.39. The smallest absolute Gasteiger partial charge is 0.247 e. The van der Waals surface area contributed by atoms with Crippen LogP contribution in [0.3, 0.4) is 0 Å². The fourth-order valence-corrected chi connectivity index (χ4v) is 4.48. The summed E-state index contributed by atoms with van der Waals surface area (Å²) in [6.07, 6.45) is 0. The Morgan fingerprint density at radius 3 is 2.16 bits per heavy atom. The van der Waals surface area contributed by atoms with E-state index in [0.29, 0.717) is 11.5 Å². The molecule has 3 aromatic rings. The number of carbonyl (C=O) groups excluding carboxylic acids is 1. The lowest BCUT2D eigenvalue weighted by molar-refractivity contribution is -0.126. The number of amides is 1. The molecular formula is C27H28N2O2S. The van der Waals surface area contributed by atoms with E-state index < -0.39 is 6.04 Å². The molecular weight excluding hydrogens is 416 g/mol. The molecule has 0 aromatic heterocycles. The number of hydrogen-bond donors (Lipinski definition) is 1. The SMILES string of the molecule is COc1ccc(CN2C(=S)c3ccccc3-c3ccccc3C2C(=O)NC(C)(C)C)cc1. The lowest BCUT2D eigenvalue weighted by Crippen LogP contribution is -2.48. The summed E-state index contributed by atoms with van der Waals surface area (Å²) < 4.78 is 5.30. The molecule has 164 valence electrons. The average molecular weight is 445 g/mol. The minimum Gasteiger partial charge on any atom is -0.497 e. The van der Waals surface area contributed by atoms with Crippen molar-refractivity contribution < 1.29 is 9.53 Å². The molecule has 1 aliphatic heterocycles. The van der Waals surface area contributed by atoms with Crippen LogP contribution >= 0.6 is 12.2 Å². The molecule has 0 fully saturated rings. The zero-order valence-corrected chi connectivity index (χ0v) is 19.7. The number of benzene rings is 3. The van der Waals surface area contributed by atoms with E-state index in [4.69, 9.17) is 17.0 Å². The first-order valence-electron chi connectivity index (χ1n) is 10.7. The van der Waals surface area contributed by atoms with Gasteiger partial charge in [-0.25, -0.2) is 0 Å². The summed E-state index contributed by atoms with van der Waals surface area (Å²) in [7, 11) is 1.65. The number of fused-ring (bicyclic) bond motifs is 3. The fourth-order valence-electron chi connectivity index (χ4n) is 4.14. The van der Waals surface area contributed by atoms with Gasteiger partial charge in [-0.3, -0.25) is 4.79 Å². The number of thiocarbonyl (C=S) groups is 1. The van der Waals surface area contributed by atoms with E-state index in [2.05, 4.69) is 17.4 Å². The van der Waals surface area contributed by atoms with Crippen LogP contribution in [0.4, 0.5) is 0 Å². The zero-order chi connectivity index (χ0) is 22.9. The van der Waals surface area contributed by atoms with E-state index in [-0.39, 0.29) is 11.4 Å². The third-order valence-electron chi connectivity index (χ3n) is 5.53. The van der Waals surface area contributed by atoms with E-state index in [1.807, 2.05) is 86.3 Å². The van der Waals surface area contributed by atoms with Gasteiger partial charge in [0.25, 0.3) is 0 Å². The number of carbonyl (C=O) groups is 1. The highest BCUT2D eigenvalue weighted by molar-refractivity contribution is 7.80. The van der Waals surface area contributed by atoms with Gasteiger partial charge < -0.3 is 15.0 Å². The van der Waals surface area contributed by atoms with Gasteiger partial charge in [-0.15, -0.1) is 0 Å². The molecule has 5 heteroatoms. The quantitative estimate of drug-likeness (QED) is 0.539. The van der Waals surface area contributed by atoms with Gasteiger partial charge in [-0.1, -0.05) is 72.9 Å². The molecule has 0 saturated carbocycles. The van der Waals surface area contributed by atoms with Crippen molar-refractivity contribution in [2.45, 2.75) is 38.9 Å². The molecule has 0 aliphatic carbocycles. The van der Waals surface area contributed by atoms with E-state index in [0.717, 1.165) is 33.6 Å². The molecule has 1 heterocycles. The van der Waals surface area contributed by atoms with Crippen LogP contribution in [0.1, 0.15) is 43.5 Å². The monoisotopic (exact) mass is 444 g/mol. The standard InChI is InChI=1S/C27H28N2O2S/c1-27(2,3)28-25(30)24-22-11-7-5-9-20(22)21-10-6-8-12-23(21)26(32)29(24)17-18-13-15-19(31-4)16-14-18/h5-16,24H,17H2,1-4H3,(H,28,30). The van der Waals surface area contributed by atoms with Gasteiger partial charge in [0.05, 0.1) is 7.11 Å². The highest BCUT2D eigenvalue weighted by atomic mass is 32.1. The van der Waals surface area contributed by atoms with E-state index in [1.54, 1.807) is 7.11 Å². The Labute approximate surface area is 195 Å². The lowest BCUT2D eigenvalue weighted by Gasteiger charge is -2.34. The van der Waals surface area contributed by atoms with Gasteiger partial charge in [0, 0.05) is 17.6 Å². The second-order valence-corrected chi connectivity index (χ2v) is 9.44. The Morgan fingerprint density at radius 2 is 1.53 bits per heavy atom. The molecule has 1 amide bonds. The minimum atomic E-state index is -0.549. The average Bonchev–Trinajstić information content (AvgIpc) is 2.87. The molecule has 3 aromatic carbocycles. The Kier molecular flexibility index (Phi) is 6.02. The summed E-state index contributed by atoms with van der Waals surface area (Å²) in [6.45, 7) is 6.49. The third-order valence-corrected chi connectivity index (χ3v) is 5.99. The zero-order valence-electron chi connectivity index (χ0n) is 18.9. The van der Waals surface area contributed by atoms with Gasteiger partial charge in [-0.05, 0) is 55.2 Å². The predicted molar refractivity (Wildman–Crippen MR) is 133 cm³/mol. The second kappa shape index (κ2) is 8.75. The number of rotatable bonds is 4. The molecule has 4 rings (SSSR count). The molecule has 0 radical (unpaired) electrons. The molecule has 0 saturated heterocycles. The Balaban J connectivity index is 1.87. The normalized spacial score (nSPS) is 15.4. The van der Waals surface area contributed by atoms with Crippen LogP contribution in [0.5, 0.6) is 5.75 Å². The lowest BCUT2D eigenvalue weighted by atomic mass is 9.93. The van der Waals surface area contributed by atoms with Crippen molar-refractivity contribution in [3.8, 4) is 16.9 Å². The molecule has 4 nitrogen and oxygen atoms in total. The van der Waals surface area contributed by atoms with Crippen LogP contribution in [0, 0.1) is 0 Å². The van der Waals surface area contributed by atoms with Gasteiger partial charge >= 0.3 is 0 Å². The Bertz CT molecular complexity index is 1150. The van der Waals surface area contributed by atoms with Gasteiger partial charge in [0.15, 0.2) is 0 Å². The van der Waals surface area contributed by atoms with E-state index in [1.165, 1.54) is 0 Å². The summed E-state index contributed by atoms with van der Waals surface area (Å²) in [5, 5.41) is 3.18. The number of hydrogen-bond acceptors (Lipinski definition) is 3. The maximum atomic E-state index is 13.7.